The number of rotatable bonds is 3. The molecule has 1 saturated carbocycles. The Morgan fingerprint density at radius 1 is 1.19 bits per heavy atom. The maximum atomic E-state index is 6.08. The number of methoxy groups -OCH3 is 1. The Balaban J connectivity index is 1.86. The highest BCUT2D eigenvalue weighted by Crippen LogP contribution is 2.38. The Hall–Kier alpha value is -0.120. The molecular weight excluding hydrogens is 202 g/mol. The van der Waals surface area contributed by atoms with E-state index in [1.54, 1.807) is 7.11 Å². The minimum atomic E-state index is -0.0539. The van der Waals surface area contributed by atoms with Crippen LogP contribution in [0, 0.1) is 0 Å². The molecule has 2 fully saturated rings. The van der Waals surface area contributed by atoms with Gasteiger partial charge in [-0.15, -0.1) is 0 Å². The summed E-state index contributed by atoms with van der Waals surface area (Å²) in [6.45, 7) is 8.72. The van der Waals surface area contributed by atoms with Gasteiger partial charge in [0.25, 0.3) is 0 Å². The van der Waals surface area contributed by atoms with Crippen molar-refractivity contribution in [3.63, 3.8) is 0 Å². The lowest BCUT2D eigenvalue weighted by Crippen LogP contribution is -2.54. The molecule has 1 aliphatic carbocycles. The van der Waals surface area contributed by atoms with Crippen molar-refractivity contribution in [3.8, 4) is 0 Å². The molecule has 0 spiro atoms. The van der Waals surface area contributed by atoms with Gasteiger partial charge in [0.2, 0.25) is 0 Å². The fourth-order valence-corrected chi connectivity index (χ4v) is 3.00. The second kappa shape index (κ2) is 3.97. The highest BCUT2D eigenvalue weighted by molar-refractivity contribution is 5.01. The Bertz CT molecular complexity index is 257. The third-order valence-electron chi connectivity index (χ3n) is 3.94. The van der Waals surface area contributed by atoms with Crippen molar-refractivity contribution in [1.29, 1.82) is 0 Å². The summed E-state index contributed by atoms with van der Waals surface area (Å²) in [6, 6.07) is 1.08. The van der Waals surface area contributed by atoms with E-state index in [1.165, 1.54) is 0 Å². The lowest BCUT2D eigenvalue weighted by molar-refractivity contribution is -0.0730. The average molecular weight is 227 g/mol. The third kappa shape index (κ3) is 2.41. The van der Waals surface area contributed by atoms with Crippen molar-refractivity contribution in [1.82, 2.24) is 5.32 Å². The first kappa shape index (κ1) is 12.3. The van der Waals surface area contributed by atoms with Gasteiger partial charge in [0, 0.05) is 19.2 Å². The number of hydrogen-bond donors (Lipinski definition) is 1. The largest absolute Gasteiger partial charge is 0.381 e. The molecule has 94 valence electrons. The summed E-state index contributed by atoms with van der Waals surface area (Å²) in [7, 11) is 1.80. The predicted octanol–water partition coefficient (Wildman–Crippen LogP) is 2.10. The van der Waals surface area contributed by atoms with Crippen LogP contribution >= 0.6 is 0 Å². The Morgan fingerprint density at radius 2 is 1.81 bits per heavy atom. The number of ether oxygens (including phenoxy) is 2. The van der Waals surface area contributed by atoms with Crippen molar-refractivity contribution in [2.75, 3.05) is 7.11 Å². The van der Waals surface area contributed by atoms with Crippen LogP contribution in [0.1, 0.15) is 47.0 Å². The molecule has 1 N–H and O–H groups in total. The van der Waals surface area contributed by atoms with Crippen LogP contribution in [0.2, 0.25) is 0 Å². The zero-order valence-electron chi connectivity index (χ0n) is 11.2. The topological polar surface area (TPSA) is 30.5 Å². The van der Waals surface area contributed by atoms with Gasteiger partial charge >= 0.3 is 0 Å². The highest BCUT2D eigenvalue weighted by Gasteiger charge is 2.47. The van der Waals surface area contributed by atoms with E-state index in [1.807, 2.05) is 0 Å². The van der Waals surface area contributed by atoms with E-state index >= 15 is 0 Å². The fourth-order valence-electron chi connectivity index (χ4n) is 3.00. The summed E-state index contributed by atoms with van der Waals surface area (Å²) >= 11 is 0. The molecule has 1 heterocycles. The zero-order chi connectivity index (χ0) is 12.0. The molecule has 0 amide bonds. The highest BCUT2D eigenvalue weighted by atomic mass is 16.5. The van der Waals surface area contributed by atoms with Crippen LogP contribution in [-0.4, -0.2) is 36.5 Å². The SMILES string of the molecule is COC1CC(NC2CC(C)(C)OC2(C)C)C1. The second-order valence-electron chi connectivity index (χ2n) is 6.41. The van der Waals surface area contributed by atoms with E-state index in [4.69, 9.17) is 9.47 Å². The van der Waals surface area contributed by atoms with Crippen LogP contribution in [0.4, 0.5) is 0 Å². The molecule has 3 heteroatoms. The van der Waals surface area contributed by atoms with Crippen LogP contribution in [0.5, 0.6) is 0 Å². The smallest absolute Gasteiger partial charge is 0.0787 e. The summed E-state index contributed by atoms with van der Waals surface area (Å²) in [4.78, 5) is 0. The van der Waals surface area contributed by atoms with E-state index in [0.717, 1.165) is 19.3 Å². The first-order valence-corrected chi connectivity index (χ1v) is 6.31. The standard InChI is InChI=1S/C13H25NO2/c1-12(2)8-11(13(3,4)16-12)14-9-6-10(7-9)15-5/h9-11,14H,6-8H2,1-5H3. The Morgan fingerprint density at radius 3 is 2.25 bits per heavy atom. The molecule has 2 aliphatic rings. The van der Waals surface area contributed by atoms with E-state index < -0.39 is 0 Å². The normalized spacial score (nSPS) is 40.7. The molecule has 0 radical (unpaired) electrons. The van der Waals surface area contributed by atoms with E-state index in [2.05, 4.69) is 33.0 Å². The third-order valence-corrected chi connectivity index (χ3v) is 3.94. The molecule has 0 bridgehead atoms. The van der Waals surface area contributed by atoms with Gasteiger partial charge in [0.1, 0.15) is 0 Å². The predicted molar refractivity (Wildman–Crippen MR) is 64.6 cm³/mol. The maximum absolute atomic E-state index is 6.08. The minimum absolute atomic E-state index is 0.00553. The Kier molecular flexibility index (Phi) is 3.06. The van der Waals surface area contributed by atoms with Crippen molar-refractivity contribution >= 4 is 0 Å². The first-order valence-electron chi connectivity index (χ1n) is 6.31. The van der Waals surface area contributed by atoms with Crippen LogP contribution < -0.4 is 5.32 Å². The number of hydrogen-bond acceptors (Lipinski definition) is 3. The zero-order valence-corrected chi connectivity index (χ0v) is 11.2. The van der Waals surface area contributed by atoms with Gasteiger partial charge < -0.3 is 14.8 Å². The quantitative estimate of drug-likeness (QED) is 0.801. The molecule has 0 aromatic heterocycles. The number of nitrogens with one attached hydrogen (secondary N) is 1. The van der Waals surface area contributed by atoms with Gasteiger partial charge in [-0.3, -0.25) is 0 Å². The van der Waals surface area contributed by atoms with Gasteiger partial charge in [-0.1, -0.05) is 0 Å². The molecule has 0 aromatic carbocycles. The van der Waals surface area contributed by atoms with Crippen LogP contribution in [0.15, 0.2) is 0 Å². The van der Waals surface area contributed by atoms with Crippen LogP contribution in [0.3, 0.4) is 0 Å². The second-order valence-corrected chi connectivity index (χ2v) is 6.41. The van der Waals surface area contributed by atoms with E-state index in [0.29, 0.717) is 18.2 Å². The molecule has 3 nitrogen and oxygen atoms in total. The lowest BCUT2D eigenvalue weighted by Gasteiger charge is -2.39. The van der Waals surface area contributed by atoms with Crippen molar-refractivity contribution in [2.45, 2.75) is 76.3 Å². The summed E-state index contributed by atoms with van der Waals surface area (Å²) in [5.41, 5.74) is -0.0484. The monoisotopic (exact) mass is 227 g/mol. The van der Waals surface area contributed by atoms with Gasteiger partial charge in [0.05, 0.1) is 17.3 Å². The van der Waals surface area contributed by atoms with Gasteiger partial charge in [0.15, 0.2) is 0 Å². The Labute approximate surface area is 98.9 Å². The van der Waals surface area contributed by atoms with Crippen molar-refractivity contribution in [3.05, 3.63) is 0 Å². The van der Waals surface area contributed by atoms with Gasteiger partial charge in [-0.25, -0.2) is 0 Å². The summed E-state index contributed by atoms with van der Waals surface area (Å²) in [5, 5.41) is 3.72. The minimum Gasteiger partial charge on any atom is -0.381 e. The van der Waals surface area contributed by atoms with Crippen molar-refractivity contribution in [2.24, 2.45) is 0 Å². The van der Waals surface area contributed by atoms with Gasteiger partial charge in [-0.2, -0.15) is 0 Å². The molecule has 1 aliphatic heterocycles. The summed E-state index contributed by atoms with van der Waals surface area (Å²) in [6.07, 6.45) is 3.84. The van der Waals surface area contributed by atoms with E-state index in [9.17, 15) is 0 Å². The summed E-state index contributed by atoms with van der Waals surface area (Å²) in [5.74, 6) is 0. The first-order chi connectivity index (χ1) is 7.32. The maximum Gasteiger partial charge on any atom is 0.0787 e. The molecule has 1 unspecified atom stereocenters. The molecule has 2 rings (SSSR count). The molecule has 16 heavy (non-hydrogen) atoms. The van der Waals surface area contributed by atoms with E-state index in [-0.39, 0.29) is 11.2 Å². The average Bonchev–Trinajstić information content (AvgIpc) is 2.25. The molecular formula is C13H25NO2. The summed E-state index contributed by atoms with van der Waals surface area (Å²) < 4.78 is 11.4. The van der Waals surface area contributed by atoms with Crippen LogP contribution in [0.25, 0.3) is 0 Å². The van der Waals surface area contributed by atoms with Crippen LogP contribution in [-0.2, 0) is 9.47 Å². The molecule has 1 atom stereocenters. The van der Waals surface area contributed by atoms with Crippen molar-refractivity contribution < 1.29 is 9.47 Å². The van der Waals surface area contributed by atoms with Gasteiger partial charge in [-0.05, 0) is 47.0 Å². The fraction of sp³-hybridized carbons (Fsp3) is 1.00. The molecule has 0 aromatic rings. The lowest BCUT2D eigenvalue weighted by atomic mass is 9.86. The molecule has 1 saturated heterocycles.